The van der Waals surface area contributed by atoms with Gasteiger partial charge in [0.15, 0.2) is 8.68 Å². The van der Waals surface area contributed by atoms with E-state index in [9.17, 15) is 4.79 Å². The molecule has 0 aliphatic carbocycles. The number of hydrogen-bond donors (Lipinski definition) is 1. The fourth-order valence-electron chi connectivity index (χ4n) is 1.75. The second-order valence-electron chi connectivity index (χ2n) is 4.37. The van der Waals surface area contributed by atoms with E-state index >= 15 is 0 Å². The maximum atomic E-state index is 12.0. The number of carbonyl (C=O) groups excluding carboxylic acids is 1. The molecule has 1 atom stereocenters. The van der Waals surface area contributed by atoms with Crippen LogP contribution in [-0.4, -0.2) is 27.6 Å². The average molecular weight is 374 g/mol. The zero-order chi connectivity index (χ0) is 15.9. The van der Waals surface area contributed by atoms with Gasteiger partial charge in [-0.3, -0.25) is 4.79 Å². The second-order valence-corrected chi connectivity index (χ2v) is 8.48. The van der Waals surface area contributed by atoms with E-state index in [1.165, 1.54) is 23.1 Å². The minimum absolute atomic E-state index is 0.0442. The van der Waals surface area contributed by atoms with Crippen LogP contribution in [0, 0.1) is 0 Å². The number of benzene rings is 1. The zero-order valence-electron chi connectivity index (χ0n) is 12.2. The Morgan fingerprint density at radius 1 is 1.32 bits per heavy atom. The van der Waals surface area contributed by atoms with Crippen LogP contribution in [0.5, 0.6) is 0 Å². The topological polar surface area (TPSA) is 54.9 Å². The lowest BCUT2D eigenvalue weighted by Gasteiger charge is -2.15. The molecule has 1 aromatic carbocycles. The molecule has 22 heavy (non-hydrogen) atoms. The van der Waals surface area contributed by atoms with Gasteiger partial charge in [-0.1, -0.05) is 71.6 Å². The molecule has 1 heterocycles. The van der Waals surface area contributed by atoms with Gasteiger partial charge in [0.25, 0.3) is 0 Å². The van der Waals surface area contributed by atoms with Gasteiger partial charge >= 0.3 is 0 Å². The van der Waals surface area contributed by atoms with Crippen molar-refractivity contribution in [2.45, 2.75) is 28.6 Å². The summed E-state index contributed by atoms with van der Waals surface area (Å²) < 4.78 is 1.76. The van der Waals surface area contributed by atoms with E-state index < -0.39 is 0 Å². The summed E-state index contributed by atoms with van der Waals surface area (Å²) in [5, 5.41) is 11.7. The lowest BCUT2D eigenvalue weighted by molar-refractivity contribution is -0.119. The average Bonchev–Trinajstić information content (AvgIpc) is 2.93. The highest BCUT2D eigenvalue weighted by atomic mass is 35.5. The summed E-state index contributed by atoms with van der Waals surface area (Å²) in [5.74, 6) is 1.24. The van der Waals surface area contributed by atoms with Crippen molar-refractivity contribution in [3.05, 3.63) is 34.9 Å². The number of thioether (sulfide) groups is 2. The maximum absolute atomic E-state index is 12.0. The summed E-state index contributed by atoms with van der Waals surface area (Å²) in [6, 6.07) is 7.40. The fourth-order valence-corrected chi connectivity index (χ4v) is 4.78. The number of aromatic nitrogens is 2. The lowest BCUT2D eigenvalue weighted by Crippen LogP contribution is -2.28. The summed E-state index contributed by atoms with van der Waals surface area (Å²) in [4.78, 5) is 12.0. The molecule has 118 valence electrons. The molecule has 0 fully saturated rings. The molecule has 8 heteroatoms. The predicted octanol–water partition coefficient (Wildman–Crippen LogP) is 4.27. The number of halogens is 1. The SMILES string of the molecule is CCSc1nnc(SCC(=O)N[C@@H](C)c2ccccc2Cl)s1. The van der Waals surface area contributed by atoms with Gasteiger partial charge in [0.05, 0.1) is 11.8 Å². The van der Waals surface area contributed by atoms with Gasteiger partial charge in [-0.15, -0.1) is 10.2 Å². The van der Waals surface area contributed by atoms with Crippen molar-refractivity contribution in [1.82, 2.24) is 15.5 Å². The molecule has 2 rings (SSSR count). The van der Waals surface area contributed by atoms with Crippen LogP contribution >= 0.6 is 46.5 Å². The molecular weight excluding hydrogens is 358 g/mol. The molecule has 0 aliphatic rings. The van der Waals surface area contributed by atoms with E-state index in [4.69, 9.17) is 11.6 Å². The lowest BCUT2D eigenvalue weighted by atomic mass is 10.1. The van der Waals surface area contributed by atoms with Crippen molar-refractivity contribution >= 4 is 52.4 Å². The third kappa shape index (κ3) is 5.15. The highest BCUT2D eigenvalue weighted by molar-refractivity contribution is 8.03. The Labute approximate surface area is 147 Å². The van der Waals surface area contributed by atoms with Gasteiger partial charge in [0, 0.05) is 5.02 Å². The first-order valence-electron chi connectivity index (χ1n) is 6.73. The van der Waals surface area contributed by atoms with E-state index in [0.29, 0.717) is 10.8 Å². The number of amides is 1. The molecule has 0 bridgehead atoms. The first kappa shape index (κ1) is 17.6. The molecule has 1 amide bonds. The van der Waals surface area contributed by atoms with Crippen molar-refractivity contribution in [3.8, 4) is 0 Å². The standard InChI is InChI=1S/C14H16ClN3OS3/c1-3-20-13-17-18-14(22-13)21-8-12(19)16-9(2)10-6-4-5-7-11(10)15/h4-7,9H,3,8H2,1-2H3,(H,16,19)/t9-/m0/s1. The summed E-state index contributed by atoms with van der Waals surface area (Å²) in [5.41, 5.74) is 0.917. The molecule has 0 spiro atoms. The van der Waals surface area contributed by atoms with Gasteiger partial charge < -0.3 is 5.32 Å². The van der Waals surface area contributed by atoms with Crippen molar-refractivity contribution in [2.75, 3.05) is 11.5 Å². The smallest absolute Gasteiger partial charge is 0.230 e. The van der Waals surface area contributed by atoms with Crippen LogP contribution in [0.2, 0.25) is 5.02 Å². The van der Waals surface area contributed by atoms with Gasteiger partial charge in [-0.05, 0) is 24.3 Å². The molecule has 1 aromatic heterocycles. The Balaban J connectivity index is 1.83. The van der Waals surface area contributed by atoms with Crippen LogP contribution in [-0.2, 0) is 4.79 Å². The molecular formula is C14H16ClN3OS3. The Morgan fingerprint density at radius 2 is 2.00 bits per heavy atom. The van der Waals surface area contributed by atoms with Crippen molar-refractivity contribution in [2.24, 2.45) is 0 Å². The Hall–Kier alpha value is -0.760. The van der Waals surface area contributed by atoms with Gasteiger partial charge in [0.1, 0.15) is 0 Å². The van der Waals surface area contributed by atoms with E-state index in [1.54, 1.807) is 11.8 Å². The van der Waals surface area contributed by atoms with Crippen LogP contribution in [0.4, 0.5) is 0 Å². The molecule has 0 radical (unpaired) electrons. The third-order valence-electron chi connectivity index (χ3n) is 2.73. The molecule has 0 aliphatic heterocycles. The quantitative estimate of drug-likeness (QED) is 0.734. The van der Waals surface area contributed by atoms with Crippen LogP contribution in [0.15, 0.2) is 32.9 Å². The first-order valence-corrected chi connectivity index (χ1v) is 9.89. The van der Waals surface area contributed by atoms with Crippen molar-refractivity contribution < 1.29 is 4.79 Å². The molecule has 1 N–H and O–H groups in total. The monoisotopic (exact) mass is 373 g/mol. The van der Waals surface area contributed by atoms with Crippen LogP contribution in [0.3, 0.4) is 0 Å². The molecule has 4 nitrogen and oxygen atoms in total. The first-order chi connectivity index (χ1) is 10.6. The van der Waals surface area contributed by atoms with Crippen molar-refractivity contribution in [3.63, 3.8) is 0 Å². The van der Waals surface area contributed by atoms with Crippen LogP contribution in [0.1, 0.15) is 25.5 Å². The highest BCUT2D eigenvalue weighted by Crippen LogP contribution is 2.28. The minimum atomic E-state index is -0.123. The zero-order valence-corrected chi connectivity index (χ0v) is 15.4. The van der Waals surface area contributed by atoms with E-state index in [-0.39, 0.29) is 11.9 Å². The summed E-state index contributed by atoms with van der Waals surface area (Å²) in [6.45, 7) is 3.99. The van der Waals surface area contributed by atoms with E-state index in [0.717, 1.165) is 20.0 Å². The predicted molar refractivity (Wildman–Crippen MR) is 95.0 cm³/mol. The maximum Gasteiger partial charge on any atom is 0.230 e. The Bertz CT molecular complexity index is 635. The normalized spacial score (nSPS) is 12.1. The largest absolute Gasteiger partial charge is 0.349 e. The fraction of sp³-hybridized carbons (Fsp3) is 0.357. The number of carbonyl (C=O) groups is 1. The van der Waals surface area contributed by atoms with Crippen LogP contribution in [0.25, 0.3) is 0 Å². The number of nitrogens with one attached hydrogen (secondary N) is 1. The Kier molecular flexibility index (Phi) is 7.01. The van der Waals surface area contributed by atoms with E-state index in [2.05, 4.69) is 22.4 Å². The van der Waals surface area contributed by atoms with Crippen molar-refractivity contribution in [1.29, 1.82) is 0 Å². The van der Waals surface area contributed by atoms with Gasteiger partial charge in [-0.2, -0.15) is 0 Å². The number of nitrogens with zero attached hydrogens (tertiary/aromatic N) is 2. The second kappa shape index (κ2) is 8.76. The molecule has 0 saturated carbocycles. The number of hydrogen-bond acceptors (Lipinski definition) is 6. The van der Waals surface area contributed by atoms with E-state index in [1.807, 2.05) is 31.2 Å². The number of rotatable bonds is 7. The summed E-state index contributed by atoms with van der Waals surface area (Å²) >= 11 is 10.7. The third-order valence-corrected chi connectivity index (χ3v) is 6.15. The van der Waals surface area contributed by atoms with Crippen LogP contribution < -0.4 is 5.32 Å². The molecule has 0 unspecified atom stereocenters. The minimum Gasteiger partial charge on any atom is -0.349 e. The molecule has 0 saturated heterocycles. The Morgan fingerprint density at radius 3 is 2.68 bits per heavy atom. The molecule has 2 aromatic rings. The summed E-state index contributed by atoms with van der Waals surface area (Å²) in [6.07, 6.45) is 0. The highest BCUT2D eigenvalue weighted by Gasteiger charge is 2.13. The van der Waals surface area contributed by atoms with Gasteiger partial charge in [-0.25, -0.2) is 0 Å². The van der Waals surface area contributed by atoms with Gasteiger partial charge in [0.2, 0.25) is 5.91 Å². The summed E-state index contributed by atoms with van der Waals surface area (Å²) in [7, 11) is 0.